The lowest BCUT2D eigenvalue weighted by Crippen LogP contribution is -2.33. The topological polar surface area (TPSA) is 76.4 Å². The van der Waals surface area contributed by atoms with E-state index in [2.05, 4.69) is 10.4 Å². The summed E-state index contributed by atoms with van der Waals surface area (Å²) in [5.74, 6) is 0.855. The highest BCUT2D eigenvalue weighted by atomic mass is 16.5. The molecule has 1 saturated carbocycles. The number of ether oxygens (including phenoxy) is 1. The highest BCUT2D eigenvalue weighted by Gasteiger charge is 2.21. The lowest BCUT2D eigenvalue weighted by molar-refractivity contribution is 0.0870. The van der Waals surface area contributed by atoms with Crippen LogP contribution in [0.2, 0.25) is 0 Å². The van der Waals surface area contributed by atoms with Crippen molar-refractivity contribution in [2.24, 2.45) is 5.92 Å². The molecule has 0 aliphatic heterocycles. The van der Waals surface area contributed by atoms with E-state index in [9.17, 15) is 9.90 Å². The van der Waals surface area contributed by atoms with Crippen LogP contribution in [0.3, 0.4) is 0 Å². The normalized spacial score (nSPS) is 20.3. The molecule has 1 fully saturated rings. The van der Waals surface area contributed by atoms with Crippen LogP contribution in [0.5, 0.6) is 5.75 Å². The summed E-state index contributed by atoms with van der Waals surface area (Å²) in [6, 6.07) is 7.53. The van der Waals surface area contributed by atoms with E-state index in [-0.39, 0.29) is 12.0 Å². The Morgan fingerprint density at radius 3 is 3.00 bits per heavy atom. The zero-order chi connectivity index (χ0) is 17.8. The van der Waals surface area contributed by atoms with E-state index in [0.29, 0.717) is 23.9 Å². The van der Waals surface area contributed by atoms with E-state index in [0.717, 1.165) is 36.9 Å². The molecule has 6 heteroatoms. The maximum absolute atomic E-state index is 12.4. The molecule has 0 radical (unpaired) electrons. The Bertz CT molecular complexity index is 741. The zero-order valence-corrected chi connectivity index (χ0v) is 14.7. The van der Waals surface area contributed by atoms with Crippen LogP contribution in [0, 0.1) is 12.8 Å². The second kappa shape index (κ2) is 7.70. The predicted molar refractivity (Wildman–Crippen MR) is 95.2 cm³/mol. The fraction of sp³-hybridized carbons (Fsp3) is 0.474. The third kappa shape index (κ3) is 4.20. The van der Waals surface area contributed by atoms with Crippen LogP contribution < -0.4 is 10.1 Å². The van der Waals surface area contributed by atoms with Gasteiger partial charge < -0.3 is 15.2 Å². The molecule has 1 aromatic carbocycles. The number of aromatic nitrogens is 2. The fourth-order valence-corrected chi connectivity index (χ4v) is 3.33. The number of nitrogens with one attached hydrogen (secondary N) is 1. The summed E-state index contributed by atoms with van der Waals surface area (Å²) < 4.78 is 7.03. The van der Waals surface area contributed by atoms with Gasteiger partial charge >= 0.3 is 0 Å². The first kappa shape index (κ1) is 17.5. The Labute approximate surface area is 147 Å². The fourth-order valence-electron chi connectivity index (χ4n) is 3.33. The number of nitrogens with zero attached hydrogens (tertiary/aromatic N) is 2. The zero-order valence-electron chi connectivity index (χ0n) is 14.7. The summed E-state index contributed by atoms with van der Waals surface area (Å²) >= 11 is 0. The van der Waals surface area contributed by atoms with Gasteiger partial charge in [-0.2, -0.15) is 5.10 Å². The number of aliphatic hydroxyl groups is 1. The minimum Gasteiger partial charge on any atom is -0.494 e. The van der Waals surface area contributed by atoms with Gasteiger partial charge in [-0.25, -0.2) is 4.68 Å². The quantitative estimate of drug-likeness (QED) is 0.874. The molecule has 25 heavy (non-hydrogen) atoms. The molecule has 2 aromatic rings. The van der Waals surface area contributed by atoms with Gasteiger partial charge in [0.15, 0.2) is 5.69 Å². The average molecular weight is 343 g/mol. The number of carbonyl (C=O) groups is 1. The first-order valence-corrected chi connectivity index (χ1v) is 8.73. The molecule has 0 spiro atoms. The van der Waals surface area contributed by atoms with Gasteiger partial charge in [-0.1, -0.05) is 12.5 Å². The third-order valence-corrected chi connectivity index (χ3v) is 4.71. The van der Waals surface area contributed by atoms with E-state index in [4.69, 9.17) is 4.74 Å². The Morgan fingerprint density at radius 1 is 1.40 bits per heavy atom. The first-order chi connectivity index (χ1) is 12.1. The molecule has 1 aliphatic rings. The number of hydrogen-bond acceptors (Lipinski definition) is 4. The number of rotatable bonds is 5. The lowest BCUT2D eigenvalue weighted by Gasteiger charge is -2.25. The van der Waals surface area contributed by atoms with Gasteiger partial charge in [0.2, 0.25) is 0 Å². The smallest absolute Gasteiger partial charge is 0.271 e. The van der Waals surface area contributed by atoms with Crippen molar-refractivity contribution in [3.05, 3.63) is 41.7 Å². The van der Waals surface area contributed by atoms with Crippen molar-refractivity contribution < 1.29 is 14.6 Å². The molecular formula is C19H25N3O3. The van der Waals surface area contributed by atoms with Crippen molar-refractivity contribution >= 4 is 5.91 Å². The van der Waals surface area contributed by atoms with Crippen molar-refractivity contribution in [3.63, 3.8) is 0 Å². The van der Waals surface area contributed by atoms with E-state index < -0.39 is 0 Å². The molecule has 1 heterocycles. The monoisotopic (exact) mass is 343 g/mol. The van der Waals surface area contributed by atoms with Gasteiger partial charge in [0.25, 0.3) is 5.91 Å². The Balaban J connectivity index is 1.67. The van der Waals surface area contributed by atoms with Gasteiger partial charge in [0.1, 0.15) is 11.4 Å². The second-order valence-corrected chi connectivity index (χ2v) is 6.72. The molecule has 134 valence electrons. The van der Waals surface area contributed by atoms with Crippen LogP contribution in [-0.2, 0) is 0 Å². The molecule has 1 aromatic heterocycles. The molecule has 0 bridgehead atoms. The lowest BCUT2D eigenvalue weighted by atomic mass is 9.87. The number of aryl methyl sites for hydroxylation is 1. The average Bonchev–Trinajstić information content (AvgIpc) is 3.10. The van der Waals surface area contributed by atoms with Gasteiger partial charge in [-0.3, -0.25) is 4.79 Å². The minimum absolute atomic E-state index is 0.189. The van der Waals surface area contributed by atoms with Crippen LogP contribution in [0.4, 0.5) is 0 Å². The molecule has 2 atom stereocenters. The molecule has 1 amide bonds. The largest absolute Gasteiger partial charge is 0.494 e. The first-order valence-electron chi connectivity index (χ1n) is 8.73. The Kier molecular flexibility index (Phi) is 5.38. The molecule has 0 saturated heterocycles. The SMILES string of the molecule is COc1ccc(C)cc1-n1ccc(C(=O)NCC2CCCC(O)C2)n1. The Hall–Kier alpha value is -2.34. The summed E-state index contributed by atoms with van der Waals surface area (Å²) in [7, 11) is 1.61. The molecular weight excluding hydrogens is 318 g/mol. The van der Waals surface area contributed by atoms with Crippen molar-refractivity contribution in [2.75, 3.05) is 13.7 Å². The van der Waals surface area contributed by atoms with Crippen LogP contribution >= 0.6 is 0 Å². The molecule has 1 aliphatic carbocycles. The molecule has 2 N–H and O–H groups in total. The maximum atomic E-state index is 12.4. The van der Waals surface area contributed by atoms with E-state index in [1.807, 2.05) is 25.1 Å². The summed E-state index contributed by atoms with van der Waals surface area (Å²) in [5.41, 5.74) is 2.27. The third-order valence-electron chi connectivity index (χ3n) is 4.71. The van der Waals surface area contributed by atoms with Crippen LogP contribution in [0.15, 0.2) is 30.5 Å². The number of hydrogen-bond donors (Lipinski definition) is 2. The van der Waals surface area contributed by atoms with Crippen LogP contribution in [-0.4, -0.2) is 40.6 Å². The van der Waals surface area contributed by atoms with E-state index in [1.54, 1.807) is 24.1 Å². The van der Waals surface area contributed by atoms with Crippen molar-refractivity contribution in [2.45, 2.75) is 38.7 Å². The standard InChI is InChI=1S/C19H25N3O3/c1-13-6-7-18(25-2)17(10-13)22-9-8-16(21-22)19(24)20-12-14-4-3-5-15(23)11-14/h6-10,14-15,23H,3-5,11-12H2,1-2H3,(H,20,24). The summed E-state index contributed by atoms with van der Waals surface area (Å²) in [5, 5.41) is 17.0. The van der Waals surface area contributed by atoms with E-state index >= 15 is 0 Å². The van der Waals surface area contributed by atoms with Crippen LogP contribution in [0.25, 0.3) is 5.69 Å². The summed E-state index contributed by atoms with van der Waals surface area (Å²) in [4.78, 5) is 12.4. The second-order valence-electron chi connectivity index (χ2n) is 6.72. The predicted octanol–water partition coefficient (Wildman–Crippen LogP) is 2.47. The maximum Gasteiger partial charge on any atom is 0.271 e. The van der Waals surface area contributed by atoms with E-state index in [1.165, 1.54) is 0 Å². The minimum atomic E-state index is -0.233. The highest BCUT2D eigenvalue weighted by Crippen LogP contribution is 2.24. The number of carbonyl (C=O) groups excluding carboxylic acids is 1. The number of benzene rings is 1. The number of methoxy groups -OCH3 is 1. The van der Waals surface area contributed by atoms with Gasteiger partial charge in [-0.05, 0) is 55.9 Å². The highest BCUT2D eigenvalue weighted by molar-refractivity contribution is 5.92. The van der Waals surface area contributed by atoms with Gasteiger partial charge in [-0.15, -0.1) is 0 Å². The van der Waals surface area contributed by atoms with Crippen molar-refractivity contribution in [1.82, 2.24) is 15.1 Å². The van der Waals surface area contributed by atoms with Gasteiger partial charge in [0.05, 0.1) is 13.2 Å². The molecule has 3 rings (SSSR count). The number of amides is 1. The summed E-state index contributed by atoms with van der Waals surface area (Å²) in [6.07, 6.45) is 5.22. The van der Waals surface area contributed by atoms with Gasteiger partial charge in [0, 0.05) is 12.7 Å². The number of aliphatic hydroxyl groups excluding tert-OH is 1. The summed E-state index contributed by atoms with van der Waals surface area (Å²) in [6.45, 7) is 2.58. The molecule has 6 nitrogen and oxygen atoms in total. The van der Waals surface area contributed by atoms with Crippen molar-refractivity contribution in [1.29, 1.82) is 0 Å². The Morgan fingerprint density at radius 2 is 2.24 bits per heavy atom. The van der Waals surface area contributed by atoms with Crippen molar-refractivity contribution in [3.8, 4) is 11.4 Å². The molecule has 2 unspecified atom stereocenters. The van der Waals surface area contributed by atoms with Crippen LogP contribution in [0.1, 0.15) is 41.7 Å².